The van der Waals surface area contributed by atoms with Gasteiger partial charge in [0.05, 0.1) is 0 Å². The van der Waals surface area contributed by atoms with Crippen molar-refractivity contribution in [3.05, 3.63) is 0 Å². The van der Waals surface area contributed by atoms with Crippen molar-refractivity contribution in [1.29, 1.82) is 0 Å². The molecule has 0 aliphatic carbocycles. The summed E-state index contributed by atoms with van der Waals surface area (Å²) in [5.74, 6) is 0. The predicted molar refractivity (Wildman–Crippen MR) is 5.81 cm³/mol. The molecule has 0 saturated carbocycles. The number of hydrogen-bond acceptors (Lipinski definition) is 2. The summed E-state index contributed by atoms with van der Waals surface area (Å²) in [7, 11) is 0. The average Bonchev–Trinajstić information content (AvgIpc) is 0.722. The molecule has 6 heavy (non-hydrogen) atoms. The maximum atomic E-state index is 8.82. The van der Waals surface area contributed by atoms with Crippen LogP contribution in [0.3, 0.4) is 0 Å². The smallest absolute Gasteiger partial charge is 0 e. The molecule has 4 nitrogen and oxygen atoms in total. The van der Waals surface area contributed by atoms with E-state index in [1.807, 2.05) is 0 Å². The van der Waals surface area contributed by atoms with Crippen LogP contribution in [0.25, 0.3) is 0 Å². The maximum Gasteiger partial charge on any atom is 0 e. The number of rotatable bonds is 0. The molecule has 0 unspecified atom stereocenters. The summed E-state index contributed by atoms with van der Waals surface area (Å²) in [6.45, 7) is 0. The van der Waals surface area contributed by atoms with Crippen LogP contribution in [0.2, 0.25) is 0 Å². The van der Waals surface area contributed by atoms with Gasteiger partial charge in [-0.15, -0.1) is 0 Å². The van der Waals surface area contributed by atoms with Crippen molar-refractivity contribution in [1.82, 2.24) is 0 Å². The molecule has 6 heteroatoms. The van der Waals surface area contributed by atoms with Gasteiger partial charge in [-0.25, -0.2) is 0 Å². The van der Waals surface area contributed by atoms with Crippen LogP contribution in [-0.4, -0.2) is 8.32 Å². The van der Waals surface area contributed by atoms with Crippen LogP contribution < -0.4 is 0 Å². The van der Waals surface area contributed by atoms with Gasteiger partial charge in [-0.2, -0.15) is 0 Å². The summed E-state index contributed by atoms with van der Waals surface area (Å²) in [4.78, 5) is 0. The van der Waals surface area contributed by atoms with Crippen molar-refractivity contribution in [2.45, 2.75) is 0 Å². The standard InChI is InChI=1S/Cr.2H2O.2O.Rh/h;2*1H2;;;/q+2;;;;;/p-2. The van der Waals surface area contributed by atoms with Gasteiger partial charge in [0.25, 0.3) is 0 Å². The minimum absolute atomic E-state index is 0. The van der Waals surface area contributed by atoms with E-state index >= 15 is 0 Å². The van der Waals surface area contributed by atoms with Gasteiger partial charge in [-0.3, -0.25) is 0 Å². The Labute approximate surface area is 49.3 Å². The average molecular weight is 221 g/mol. The van der Waals surface area contributed by atoms with Crippen LogP contribution >= 0.6 is 0 Å². The molecule has 41 valence electrons. The monoisotopic (exact) mass is 221 g/mol. The molecular formula is H2CrO4Rh. The van der Waals surface area contributed by atoms with E-state index in [-0.39, 0.29) is 19.5 Å². The SMILES string of the molecule is [O]=[Cr](=[O])([OH])[OH].[Rh]. The Balaban J connectivity index is 0. The first-order chi connectivity index (χ1) is 2.00. The van der Waals surface area contributed by atoms with Crippen LogP contribution in [0.4, 0.5) is 0 Å². The molecule has 0 rings (SSSR count). The van der Waals surface area contributed by atoms with E-state index in [2.05, 4.69) is 0 Å². The van der Waals surface area contributed by atoms with Crippen molar-refractivity contribution < 1.29 is 49.0 Å². The molecule has 0 aromatic carbocycles. The van der Waals surface area contributed by atoms with E-state index in [9.17, 15) is 0 Å². The maximum absolute atomic E-state index is 8.82. The van der Waals surface area contributed by atoms with Crippen LogP contribution in [0.15, 0.2) is 0 Å². The van der Waals surface area contributed by atoms with Crippen LogP contribution in [0.1, 0.15) is 0 Å². The third-order valence-electron chi connectivity index (χ3n) is 0. The first-order valence-corrected chi connectivity index (χ1v) is 2.88. The molecule has 0 aliphatic rings. The van der Waals surface area contributed by atoms with E-state index in [4.69, 9.17) is 15.9 Å². The zero-order valence-electron chi connectivity index (χ0n) is 2.45. The molecule has 0 aromatic rings. The minimum Gasteiger partial charge on any atom is 0 e. The van der Waals surface area contributed by atoms with Gasteiger partial charge < -0.3 is 0 Å². The van der Waals surface area contributed by atoms with Gasteiger partial charge in [-0.05, 0) is 0 Å². The molecule has 0 spiro atoms. The predicted octanol–water partition coefficient (Wildman–Crippen LogP) is -1.36. The fourth-order valence-electron chi connectivity index (χ4n) is 0. The third kappa shape index (κ3) is 138. The Hall–Kier alpha value is 0.676. The molecule has 0 aromatic heterocycles. The Morgan fingerprint density at radius 1 is 1.17 bits per heavy atom. The summed E-state index contributed by atoms with van der Waals surface area (Å²) in [6.07, 6.45) is 0. The second-order valence-corrected chi connectivity index (χ2v) is 1.85. The molecule has 0 atom stereocenters. The molecule has 2 N–H and O–H groups in total. The Morgan fingerprint density at radius 3 is 1.17 bits per heavy atom. The largest absolute Gasteiger partial charge is 0 e. The normalized spacial score (nSPS) is 9.67. The van der Waals surface area contributed by atoms with Crippen molar-refractivity contribution >= 4 is 0 Å². The second-order valence-electron chi connectivity index (χ2n) is 0.448. The summed E-state index contributed by atoms with van der Waals surface area (Å²) >= 11 is -5.25. The Bertz CT molecular complexity index is 90.7. The van der Waals surface area contributed by atoms with Crippen LogP contribution in [-0.2, 0) is 40.7 Å². The third-order valence-corrected chi connectivity index (χ3v) is 0. The van der Waals surface area contributed by atoms with Crippen molar-refractivity contribution in [3.8, 4) is 0 Å². The summed E-state index contributed by atoms with van der Waals surface area (Å²) < 4.78 is 31.9. The second kappa shape index (κ2) is 2.78. The Kier molecular flexibility index (Phi) is 4.56. The van der Waals surface area contributed by atoms with Gasteiger partial charge in [0.1, 0.15) is 0 Å². The molecule has 0 bridgehead atoms. The quantitative estimate of drug-likeness (QED) is 0.495. The molecule has 1 radical (unpaired) electrons. The fraction of sp³-hybridized carbons (Fsp3) is 0. The first kappa shape index (κ1) is 9.84. The summed E-state index contributed by atoms with van der Waals surface area (Å²) in [5.41, 5.74) is 0. The van der Waals surface area contributed by atoms with Gasteiger partial charge in [0, 0.05) is 19.5 Å². The minimum atomic E-state index is -5.25. The van der Waals surface area contributed by atoms with Crippen molar-refractivity contribution in [2.24, 2.45) is 0 Å². The molecule has 0 saturated heterocycles. The summed E-state index contributed by atoms with van der Waals surface area (Å²) in [6, 6.07) is 0. The van der Waals surface area contributed by atoms with Crippen LogP contribution in [0, 0.1) is 0 Å². The van der Waals surface area contributed by atoms with Crippen molar-refractivity contribution in [2.75, 3.05) is 0 Å². The van der Waals surface area contributed by atoms with Crippen molar-refractivity contribution in [3.63, 3.8) is 0 Å². The molecule has 0 amide bonds. The number of hydrogen-bond donors (Lipinski definition) is 2. The zero-order chi connectivity index (χ0) is 4.50. The van der Waals surface area contributed by atoms with E-state index in [1.165, 1.54) is 0 Å². The zero-order valence-corrected chi connectivity index (χ0v) is 5.37. The molecule has 0 aliphatic heterocycles. The van der Waals surface area contributed by atoms with E-state index < -0.39 is 13.6 Å². The van der Waals surface area contributed by atoms with E-state index in [0.717, 1.165) is 0 Å². The topological polar surface area (TPSA) is 74.6 Å². The van der Waals surface area contributed by atoms with Crippen LogP contribution in [0.5, 0.6) is 0 Å². The Morgan fingerprint density at radius 2 is 1.17 bits per heavy atom. The fourth-order valence-corrected chi connectivity index (χ4v) is 0. The van der Waals surface area contributed by atoms with Gasteiger partial charge in [0.2, 0.25) is 0 Å². The van der Waals surface area contributed by atoms with E-state index in [0.29, 0.717) is 0 Å². The first-order valence-electron chi connectivity index (χ1n) is 0.698. The molecule has 0 heterocycles. The molecular weight excluding hydrogens is 219 g/mol. The summed E-state index contributed by atoms with van der Waals surface area (Å²) in [5, 5.41) is 0. The van der Waals surface area contributed by atoms with Gasteiger partial charge in [0.15, 0.2) is 0 Å². The molecule has 0 fully saturated rings. The van der Waals surface area contributed by atoms with Gasteiger partial charge in [-0.1, -0.05) is 0 Å². The van der Waals surface area contributed by atoms with E-state index in [1.54, 1.807) is 0 Å². The van der Waals surface area contributed by atoms with Gasteiger partial charge >= 0.3 is 29.5 Å².